The number of nitrogens with zero attached hydrogens (tertiary/aromatic N) is 3. The van der Waals surface area contributed by atoms with Crippen LogP contribution in [-0.4, -0.2) is 21.8 Å². The number of aromatic nitrogens is 3. The van der Waals surface area contributed by atoms with E-state index < -0.39 is 8.07 Å². The SMILES string of the molecule is c1ccc(-c2ccccc2-n2c3ccccc3c3cccc(-n4c5ccccc5c5c(-n6c7ccccc7c7ccccc76)ccc([Si](c6ccccc6)(c6ccccc6)c6ccccc6)c54)c32)cc1. The average molecular weight is 908 g/mol. The molecule has 0 unspecified atom stereocenters. The molecule has 0 aliphatic heterocycles. The van der Waals surface area contributed by atoms with Crippen LogP contribution < -0.4 is 20.7 Å². The molecule has 3 nitrogen and oxygen atoms in total. The molecule has 3 aromatic heterocycles. The maximum absolute atomic E-state index is 3.17. The third-order valence-corrected chi connectivity index (χ3v) is 19.6. The minimum Gasteiger partial charge on any atom is -0.309 e. The van der Waals surface area contributed by atoms with Gasteiger partial charge in [0.2, 0.25) is 0 Å². The van der Waals surface area contributed by atoms with Crippen LogP contribution in [0.2, 0.25) is 0 Å². The van der Waals surface area contributed by atoms with E-state index in [2.05, 4.69) is 287 Å². The van der Waals surface area contributed by atoms with E-state index in [0.717, 1.165) is 28.1 Å². The Kier molecular flexibility index (Phi) is 9.23. The van der Waals surface area contributed by atoms with Crippen molar-refractivity contribution in [3.05, 3.63) is 273 Å². The van der Waals surface area contributed by atoms with Crippen molar-refractivity contribution < 1.29 is 0 Å². The zero-order chi connectivity index (χ0) is 46.2. The second kappa shape index (κ2) is 16.1. The smallest absolute Gasteiger partial charge is 0.181 e. The molecule has 0 atom stereocenters. The molecule has 4 heteroatoms. The van der Waals surface area contributed by atoms with Gasteiger partial charge in [0.25, 0.3) is 0 Å². The first kappa shape index (κ1) is 40.1. The third-order valence-electron chi connectivity index (χ3n) is 14.8. The Labute approximate surface area is 407 Å². The van der Waals surface area contributed by atoms with E-state index in [1.807, 2.05) is 0 Å². The summed E-state index contributed by atoms with van der Waals surface area (Å²) < 4.78 is 7.71. The van der Waals surface area contributed by atoms with Crippen molar-refractivity contribution >= 4 is 94.2 Å². The molecule has 0 saturated heterocycles. The molecule has 0 aliphatic carbocycles. The lowest BCUT2D eigenvalue weighted by Crippen LogP contribution is -2.75. The lowest BCUT2D eigenvalue weighted by Gasteiger charge is -2.35. The van der Waals surface area contributed by atoms with E-state index in [-0.39, 0.29) is 0 Å². The van der Waals surface area contributed by atoms with Crippen LogP contribution in [0, 0.1) is 0 Å². The normalized spacial score (nSPS) is 12.0. The van der Waals surface area contributed by atoms with E-state index in [9.17, 15) is 0 Å². The van der Waals surface area contributed by atoms with Gasteiger partial charge in [-0.2, -0.15) is 0 Å². The van der Waals surface area contributed by atoms with E-state index >= 15 is 0 Å². The maximum atomic E-state index is 2.65. The molecular formula is C66H45N3Si. The van der Waals surface area contributed by atoms with Gasteiger partial charge in [0, 0.05) is 37.9 Å². The Bertz CT molecular complexity index is 4130. The van der Waals surface area contributed by atoms with E-state index in [1.165, 1.54) is 86.3 Å². The van der Waals surface area contributed by atoms with Gasteiger partial charge in [0.15, 0.2) is 8.07 Å². The van der Waals surface area contributed by atoms with Gasteiger partial charge in [0.1, 0.15) is 0 Å². The molecule has 328 valence electrons. The van der Waals surface area contributed by atoms with Crippen LogP contribution in [-0.2, 0) is 0 Å². The van der Waals surface area contributed by atoms with Crippen LogP contribution in [0.25, 0.3) is 93.6 Å². The van der Waals surface area contributed by atoms with E-state index in [0.29, 0.717) is 0 Å². The van der Waals surface area contributed by atoms with Gasteiger partial charge in [-0.15, -0.1) is 0 Å². The standard InChI is InChI=1S/C66H45N3Si/c1-5-24-46(25-6-1)50-32-13-18-38-56(50)68-59-41-21-16-35-53(59)54-37-23-43-62(65(54)68)69-60-42-22-17-36-55(60)64-61(67-57-39-19-14-33-51(57)52-34-15-20-40-58(52)67)44-45-63(66(64)69)70(47-26-7-2-8-27-47,48-28-9-3-10-29-48)49-30-11-4-12-31-49/h1-45H. The summed E-state index contributed by atoms with van der Waals surface area (Å²) in [6.07, 6.45) is 0. The zero-order valence-electron chi connectivity index (χ0n) is 38.3. The Morgan fingerprint density at radius 2 is 0.643 bits per heavy atom. The molecule has 14 rings (SSSR count). The number of fused-ring (bicyclic) bond motifs is 9. The summed E-state index contributed by atoms with van der Waals surface area (Å²) >= 11 is 0. The van der Waals surface area contributed by atoms with Crippen LogP contribution in [0.3, 0.4) is 0 Å². The van der Waals surface area contributed by atoms with Crippen molar-refractivity contribution in [3.8, 4) is 28.2 Å². The molecule has 0 amide bonds. The second-order valence-corrected chi connectivity index (χ2v) is 22.1. The summed E-state index contributed by atoms with van der Waals surface area (Å²) in [5.74, 6) is 0. The minimum atomic E-state index is -3.17. The highest BCUT2D eigenvalue weighted by Crippen LogP contribution is 2.44. The van der Waals surface area contributed by atoms with Gasteiger partial charge in [-0.3, -0.25) is 0 Å². The van der Waals surface area contributed by atoms with Crippen molar-refractivity contribution in [1.82, 2.24) is 13.7 Å². The van der Waals surface area contributed by atoms with Crippen LogP contribution >= 0.6 is 0 Å². The molecular weight excluding hydrogens is 863 g/mol. The van der Waals surface area contributed by atoms with Gasteiger partial charge in [-0.25, -0.2) is 0 Å². The topological polar surface area (TPSA) is 14.8 Å². The van der Waals surface area contributed by atoms with Gasteiger partial charge >= 0.3 is 0 Å². The first-order chi connectivity index (χ1) is 34.8. The molecule has 3 heterocycles. The number of rotatable bonds is 8. The average Bonchev–Trinajstić information content (AvgIpc) is 4.09. The van der Waals surface area contributed by atoms with Gasteiger partial charge in [-0.1, -0.05) is 231 Å². The van der Waals surface area contributed by atoms with E-state index in [1.54, 1.807) is 0 Å². The second-order valence-electron chi connectivity index (χ2n) is 18.3. The molecule has 0 spiro atoms. The first-order valence-electron chi connectivity index (χ1n) is 24.2. The fourth-order valence-corrected chi connectivity index (χ4v) is 16.9. The maximum Gasteiger partial charge on any atom is 0.181 e. The molecule has 0 fully saturated rings. The summed E-state index contributed by atoms with van der Waals surface area (Å²) in [6.45, 7) is 0. The van der Waals surface area contributed by atoms with Crippen LogP contribution in [0.15, 0.2) is 273 Å². The quantitative estimate of drug-likeness (QED) is 0.107. The van der Waals surface area contributed by atoms with Crippen LogP contribution in [0.1, 0.15) is 0 Å². The minimum absolute atomic E-state index is 1.13. The highest BCUT2D eigenvalue weighted by Gasteiger charge is 2.44. The third kappa shape index (κ3) is 5.81. The predicted molar refractivity (Wildman–Crippen MR) is 299 cm³/mol. The molecule has 0 N–H and O–H groups in total. The number of hydrogen-bond acceptors (Lipinski definition) is 0. The predicted octanol–water partition coefficient (Wildman–Crippen LogP) is 14.0. The zero-order valence-corrected chi connectivity index (χ0v) is 39.3. The van der Waals surface area contributed by atoms with Gasteiger partial charge in [-0.05, 0) is 68.8 Å². The number of para-hydroxylation sites is 6. The summed E-state index contributed by atoms with van der Waals surface area (Å²) in [5.41, 5.74) is 12.9. The summed E-state index contributed by atoms with van der Waals surface area (Å²) in [7, 11) is -3.17. The fraction of sp³-hybridized carbons (Fsp3) is 0. The Morgan fingerprint density at radius 3 is 1.21 bits per heavy atom. The largest absolute Gasteiger partial charge is 0.309 e. The van der Waals surface area contributed by atoms with Crippen molar-refractivity contribution in [2.75, 3.05) is 0 Å². The summed E-state index contributed by atoms with van der Waals surface area (Å²) in [4.78, 5) is 0. The lowest BCUT2D eigenvalue weighted by molar-refractivity contribution is 1.13. The van der Waals surface area contributed by atoms with Crippen molar-refractivity contribution in [2.45, 2.75) is 0 Å². The molecule has 70 heavy (non-hydrogen) atoms. The number of hydrogen-bond donors (Lipinski definition) is 0. The molecule has 0 bridgehead atoms. The van der Waals surface area contributed by atoms with Gasteiger partial charge in [0.05, 0.1) is 50.2 Å². The molecule has 0 radical (unpaired) electrons. The fourth-order valence-electron chi connectivity index (χ4n) is 12.0. The Morgan fingerprint density at radius 1 is 0.243 bits per heavy atom. The highest BCUT2D eigenvalue weighted by atomic mass is 28.3. The Balaban J connectivity index is 1.23. The first-order valence-corrected chi connectivity index (χ1v) is 26.2. The number of benzene rings is 11. The monoisotopic (exact) mass is 907 g/mol. The molecule has 11 aromatic carbocycles. The van der Waals surface area contributed by atoms with Crippen molar-refractivity contribution in [2.24, 2.45) is 0 Å². The lowest BCUT2D eigenvalue weighted by atomic mass is 10.0. The van der Waals surface area contributed by atoms with Crippen molar-refractivity contribution in [1.29, 1.82) is 0 Å². The summed E-state index contributed by atoms with van der Waals surface area (Å²) in [5, 5.41) is 12.7. The Hall–Kier alpha value is -8.96. The molecule has 14 aromatic rings. The van der Waals surface area contributed by atoms with Crippen LogP contribution in [0.4, 0.5) is 0 Å². The van der Waals surface area contributed by atoms with Crippen LogP contribution in [0.5, 0.6) is 0 Å². The molecule has 0 aliphatic rings. The van der Waals surface area contributed by atoms with Gasteiger partial charge < -0.3 is 13.7 Å². The highest BCUT2D eigenvalue weighted by molar-refractivity contribution is 7.20. The summed E-state index contributed by atoms with van der Waals surface area (Å²) in [6, 6.07) is 102. The van der Waals surface area contributed by atoms with E-state index in [4.69, 9.17) is 0 Å². The van der Waals surface area contributed by atoms with Crippen molar-refractivity contribution in [3.63, 3.8) is 0 Å². The molecule has 0 saturated carbocycles.